The number of anilines is 1. The van der Waals surface area contributed by atoms with Gasteiger partial charge < -0.3 is 9.84 Å². The maximum absolute atomic E-state index is 12.9. The van der Waals surface area contributed by atoms with E-state index in [4.69, 9.17) is 0 Å². The van der Waals surface area contributed by atoms with Crippen molar-refractivity contribution in [2.24, 2.45) is 0 Å². The van der Waals surface area contributed by atoms with Crippen LogP contribution in [0.2, 0.25) is 0 Å². The average molecular weight is 524 g/mol. The predicted octanol–water partition coefficient (Wildman–Crippen LogP) is 3.37. The molecule has 0 aromatic heterocycles. The summed E-state index contributed by atoms with van der Waals surface area (Å²) in [5, 5.41) is 11.9. The number of benzene rings is 2. The first kappa shape index (κ1) is 20.7. The molecule has 10 heteroatoms. The largest absolute Gasteiger partial charge is 0.506 e. The maximum Gasteiger partial charge on any atom is 0.337 e. The fraction of sp³-hybridized carbons (Fsp3) is 0.0526. The van der Waals surface area contributed by atoms with Crippen molar-refractivity contribution in [1.82, 2.24) is 5.32 Å². The molecule has 0 unspecified atom stereocenters. The van der Waals surface area contributed by atoms with E-state index in [1.807, 2.05) is 0 Å². The molecule has 1 fully saturated rings. The van der Waals surface area contributed by atoms with Crippen LogP contribution in [0.15, 0.2) is 50.9 Å². The summed E-state index contributed by atoms with van der Waals surface area (Å²) in [5.74, 6) is -2.27. The minimum absolute atomic E-state index is 0.0333. The summed E-state index contributed by atoms with van der Waals surface area (Å²) < 4.78 is 5.32. The fourth-order valence-corrected chi connectivity index (χ4v) is 3.81. The molecular formula is C19H12Br2N2O6. The number of carbonyl (C=O) groups is 4. The number of rotatable bonds is 3. The number of imide groups is 2. The Bertz CT molecular complexity index is 1060. The molecule has 2 aromatic carbocycles. The topological polar surface area (TPSA) is 113 Å². The van der Waals surface area contributed by atoms with Gasteiger partial charge in [-0.05, 0) is 79.9 Å². The minimum atomic E-state index is -0.906. The highest BCUT2D eigenvalue weighted by molar-refractivity contribution is 9.11. The van der Waals surface area contributed by atoms with Crippen LogP contribution in [-0.4, -0.2) is 36.0 Å². The highest BCUT2D eigenvalue weighted by atomic mass is 79.9. The quantitative estimate of drug-likeness (QED) is 0.362. The molecule has 1 aliphatic heterocycles. The van der Waals surface area contributed by atoms with Crippen LogP contribution in [0.5, 0.6) is 5.75 Å². The smallest absolute Gasteiger partial charge is 0.337 e. The summed E-state index contributed by atoms with van der Waals surface area (Å²) >= 11 is 6.35. The number of phenolic OH excluding ortho intramolecular Hbond substituents is 1. The van der Waals surface area contributed by atoms with Crippen molar-refractivity contribution in [3.63, 3.8) is 0 Å². The molecule has 0 spiro atoms. The van der Waals surface area contributed by atoms with Crippen molar-refractivity contribution < 1.29 is 29.0 Å². The van der Waals surface area contributed by atoms with Gasteiger partial charge in [-0.3, -0.25) is 14.9 Å². The molecule has 2 aromatic rings. The zero-order chi connectivity index (χ0) is 21.3. The summed E-state index contributed by atoms with van der Waals surface area (Å²) in [6.45, 7) is 0. The van der Waals surface area contributed by atoms with Gasteiger partial charge in [0.1, 0.15) is 11.3 Å². The third kappa shape index (κ3) is 4.08. The van der Waals surface area contributed by atoms with E-state index in [9.17, 15) is 24.3 Å². The number of amides is 4. The first-order chi connectivity index (χ1) is 13.7. The number of nitrogens with one attached hydrogen (secondary N) is 1. The van der Waals surface area contributed by atoms with E-state index in [0.29, 0.717) is 14.5 Å². The van der Waals surface area contributed by atoms with E-state index >= 15 is 0 Å². The van der Waals surface area contributed by atoms with E-state index in [-0.39, 0.29) is 22.6 Å². The van der Waals surface area contributed by atoms with E-state index in [2.05, 4.69) is 41.9 Å². The number of nitrogens with zero attached hydrogens (tertiary/aromatic N) is 1. The molecule has 0 bridgehead atoms. The summed E-state index contributed by atoms with van der Waals surface area (Å²) in [7, 11) is 1.24. The monoisotopic (exact) mass is 522 g/mol. The second-order valence-electron chi connectivity index (χ2n) is 5.83. The van der Waals surface area contributed by atoms with Crippen LogP contribution in [0, 0.1) is 0 Å². The van der Waals surface area contributed by atoms with Gasteiger partial charge in [-0.25, -0.2) is 14.5 Å². The first-order valence-electron chi connectivity index (χ1n) is 8.00. The highest BCUT2D eigenvalue weighted by Gasteiger charge is 2.36. The van der Waals surface area contributed by atoms with Crippen molar-refractivity contribution in [2.75, 3.05) is 12.0 Å². The number of methoxy groups -OCH3 is 1. The van der Waals surface area contributed by atoms with Gasteiger partial charge in [-0.2, -0.15) is 0 Å². The molecule has 4 amide bonds. The lowest BCUT2D eigenvalue weighted by Crippen LogP contribution is -2.54. The zero-order valence-corrected chi connectivity index (χ0v) is 17.9. The van der Waals surface area contributed by atoms with Crippen LogP contribution >= 0.6 is 31.9 Å². The van der Waals surface area contributed by atoms with E-state index in [1.165, 1.54) is 49.6 Å². The molecule has 8 nitrogen and oxygen atoms in total. The number of halogens is 2. The number of carbonyl (C=O) groups excluding carboxylic acids is 4. The first-order valence-corrected chi connectivity index (χ1v) is 9.59. The molecule has 0 saturated carbocycles. The molecule has 1 aliphatic rings. The van der Waals surface area contributed by atoms with Crippen molar-refractivity contribution in [2.45, 2.75) is 0 Å². The summed E-state index contributed by atoms with van der Waals surface area (Å²) in [5.41, 5.74) is 0.583. The number of hydrogen-bond donors (Lipinski definition) is 2. The van der Waals surface area contributed by atoms with Gasteiger partial charge in [0.05, 0.1) is 27.3 Å². The molecule has 1 heterocycles. The molecule has 2 N–H and O–H groups in total. The van der Waals surface area contributed by atoms with Crippen LogP contribution in [0.1, 0.15) is 15.9 Å². The number of ether oxygens (including phenoxy) is 1. The Hall–Kier alpha value is -2.98. The average Bonchev–Trinajstić information content (AvgIpc) is 2.69. The third-order valence-corrected chi connectivity index (χ3v) is 5.21. The van der Waals surface area contributed by atoms with E-state index in [0.717, 1.165) is 4.90 Å². The summed E-state index contributed by atoms with van der Waals surface area (Å²) in [6.07, 6.45) is 1.30. The SMILES string of the molecule is COC(=O)c1ccc(N2C(=O)NC(=O)/C(=C\c3cc(Br)c(O)c(Br)c3)C2=O)cc1. The van der Waals surface area contributed by atoms with E-state index < -0.39 is 23.8 Å². The Morgan fingerprint density at radius 1 is 1.10 bits per heavy atom. The number of barbiturate groups is 1. The molecule has 1 saturated heterocycles. The van der Waals surface area contributed by atoms with Gasteiger partial charge in [0.2, 0.25) is 0 Å². The molecule has 148 valence electrons. The lowest BCUT2D eigenvalue weighted by Gasteiger charge is -2.26. The Kier molecular flexibility index (Phi) is 5.85. The van der Waals surface area contributed by atoms with Crippen LogP contribution in [-0.2, 0) is 14.3 Å². The fourth-order valence-electron chi connectivity index (χ4n) is 2.59. The minimum Gasteiger partial charge on any atom is -0.506 e. The van der Waals surface area contributed by atoms with Crippen molar-refractivity contribution >= 4 is 67.4 Å². The van der Waals surface area contributed by atoms with E-state index in [1.54, 1.807) is 0 Å². The van der Waals surface area contributed by atoms with Crippen molar-refractivity contribution in [3.05, 3.63) is 62.0 Å². The molecule has 29 heavy (non-hydrogen) atoms. The maximum atomic E-state index is 12.9. The zero-order valence-electron chi connectivity index (χ0n) is 14.7. The molecule has 0 radical (unpaired) electrons. The number of phenols is 1. The summed E-state index contributed by atoms with van der Waals surface area (Å²) in [6, 6.07) is 7.71. The number of esters is 1. The van der Waals surface area contributed by atoms with Gasteiger partial charge in [0.15, 0.2) is 0 Å². The normalized spacial score (nSPS) is 15.5. The van der Waals surface area contributed by atoms with Gasteiger partial charge in [0, 0.05) is 0 Å². The lowest BCUT2D eigenvalue weighted by atomic mass is 10.1. The molecule has 0 atom stereocenters. The second-order valence-corrected chi connectivity index (χ2v) is 7.54. The Morgan fingerprint density at radius 3 is 2.24 bits per heavy atom. The standard InChI is InChI=1S/C19H12Br2N2O6/c1-29-18(27)10-2-4-11(5-3-10)23-17(26)12(16(25)22-19(23)28)6-9-7-13(20)15(24)14(21)8-9/h2-8,24H,1H3,(H,22,25,28)/b12-6+. The summed E-state index contributed by atoms with van der Waals surface area (Å²) in [4.78, 5) is 49.7. The van der Waals surface area contributed by atoms with Crippen LogP contribution in [0.25, 0.3) is 6.08 Å². The Balaban J connectivity index is 1.99. The lowest BCUT2D eigenvalue weighted by molar-refractivity contribution is -0.122. The number of urea groups is 1. The number of aromatic hydroxyl groups is 1. The Morgan fingerprint density at radius 2 is 1.69 bits per heavy atom. The van der Waals surface area contributed by atoms with Gasteiger partial charge in [-0.1, -0.05) is 0 Å². The van der Waals surface area contributed by atoms with Crippen molar-refractivity contribution in [1.29, 1.82) is 0 Å². The Labute approximate surface area is 181 Å². The predicted molar refractivity (Wildman–Crippen MR) is 110 cm³/mol. The number of hydrogen-bond acceptors (Lipinski definition) is 6. The van der Waals surface area contributed by atoms with Gasteiger partial charge >= 0.3 is 12.0 Å². The highest BCUT2D eigenvalue weighted by Crippen LogP contribution is 2.34. The van der Waals surface area contributed by atoms with Gasteiger partial charge in [-0.15, -0.1) is 0 Å². The second kappa shape index (κ2) is 8.18. The van der Waals surface area contributed by atoms with Crippen molar-refractivity contribution in [3.8, 4) is 5.75 Å². The van der Waals surface area contributed by atoms with Crippen LogP contribution in [0.4, 0.5) is 10.5 Å². The molecule has 0 aliphatic carbocycles. The van der Waals surface area contributed by atoms with Crippen LogP contribution in [0.3, 0.4) is 0 Å². The third-order valence-electron chi connectivity index (χ3n) is 4.00. The van der Waals surface area contributed by atoms with Crippen LogP contribution < -0.4 is 10.2 Å². The van der Waals surface area contributed by atoms with Gasteiger partial charge in [0.25, 0.3) is 11.8 Å². The molecular weight excluding hydrogens is 512 g/mol. The molecule has 3 rings (SSSR count).